The monoisotopic (exact) mass is 236 g/mol. The third kappa shape index (κ3) is 1.74. The van der Waals surface area contributed by atoms with Gasteiger partial charge in [-0.1, -0.05) is 6.92 Å². The Kier molecular flexibility index (Phi) is 2.78. The van der Waals surface area contributed by atoms with Crippen molar-refractivity contribution in [2.75, 3.05) is 0 Å². The lowest BCUT2D eigenvalue weighted by Gasteiger charge is -2.01. The first-order valence-electron chi connectivity index (χ1n) is 4.96. The first-order valence-corrected chi connectivity index (χ1v) is 5.84. The van der Waals surface area contributed by atoms with Crippen molar-refractivity contribution in [2.45, 2.75) is 13.3 Å². The van der Waals surface area contributed by atoms with Gasteiger partial charge in [-0.25, -0.2) is 4.79 Å². The molecule has 0 aromatic carbocycles. The number of carboxylic acid groups (broad SMARTS) is 1. The van der Waals surface area contributed by atoms with Crippen molar-refractivity contribution in [3.63, 3.8) is 0 Å². The van der Waals surface area contributed by atoms with Crippen molar-refractivity contribution in [3.8, 4) is 11.3 Å². The fourth-order valence-corrected chi connectivity index (χ4v) is 2.42. The van der Waals surface area contributed by atoms with Crippen LogP contribution in [0.4, 0.5) is 0 Å². The number of hydrogen-bond donors (Lipinski definition) is 1. The molecule has 2 heterocycles. The second kappa shape index (κ2) is 4.09. The third-order valence-electron chi connectivity index (χ3n) is 2.48. The van der Waals surface area contributed by atoms with Crippen molar-refractivity contribution in [2.24, 2.45) is 7.05 Å². The molecule has 5 heteroatoms. The van der Waals surface area contributed by atoms with Crippen molar-refractivity contribution in [1.29, 1.82) is 0 Å². The van der Waals surface area contributed by atoms with Gasteiger partial charge < -0.3 is 5.11 Å². The van der Waals surface area contributed by atoms with Crippen LogP contribution < -0.4 is 0 Å². The molecule has 2 aromatic heterocycles. The van der Waals surface area contributed by atoms with Crippen molar-refractivity contribution in [1.82, 2.24) is 9.78 Å². The highest BCUT2D eigenvalue weighted by molar-refractivity contribution is 7.12. The molecule has 1 N–H and O–H groups in total. The van der Waals surface area contributed by atoms with Crippen LogP contribution in [0.25, 0.3) is 11.3 Å². The summed E-state index contributed by atoms with van der Waals surface area (Å²) in [6, 6.07) is 1.70. The number of carboxylic acids is 1. The van der Waals surface area contributed by atoms with Gasteiger partial charge in [-0.05, 0) is 18.1 Å². The molecule has 0 unspecified atom stereocenters. The van der Waals surface area contributed by atoms with E-state index in [0.29, 0.717) is 4.88 Å². The van der Waals surface area contributed by atoms with Gasteiger partial charge in [0.05, 0.1) is 11.9 Å². The standard InChI is InChI=1S/C11H12N2O2S/c1-3-7-5-12-13(2)10(7)8-4-9(11(14)15)16-6-8/h4-6H,3H2,1-2H3,(H,14,15). The molecular formula is C11H12N2O2S. The summed E-state index contributed by atoms with van der Waals surface area (Å²) >= 11 is 1.24. The molecule has 0 spiro atoms. The lowest BCUT2D eigenvalue weighted by molar-refractivity contribution is 0.0702. The van der Waals surface area contributed by atoms with E-state index in [0.717, 1.165) is 23.2 Å². The van der Waals surface area contributed by atoms with Crippen LogP contribution in [0.3, 0.4) is 0 Å². The van der Waals surface area contributed by atoms with Crippen LogP contribution in [-0.2, 0) is 13.5 Å². The van der Waals surface area contributed by atoms with Gasteiger partial charge in [0.15, 0.2) is 0 Å². The molecular weight excluding hydrogens is 224 g/mol. The average molecular weight is 236 g/mol. The molecule has 0 fully saturated rings. The molecule has 0 aliphatic rings. The number of nitrogens with zero attached hydrogens (tertiary/aromatic N) is 2. The number of carbonyl (C=O) groups is 1. The van der Waals surface area contributed by atoms with E-state index in [1.54, 1.807) is 10.7 Å². The van der Waals surface area contributed by atoms with E-state index in [4.69, 9.17) is 5.11 Å². The normalized spacial score (nSPS) is 10.6. The van der Waals surface area contributed by atoms with Crippen LogP contribution in [0.5, 0.6) is 0 Å². The van der Waals surface area contributed by atoms with Gasteiger partial charge in [0.2, 0.25) is 0 Å². The molecule has 84 valence electrons. The number of thiophene rings is 1. The van der Waals surface area contributed by atoms with Crippen molar-refractivity contribution in [3.05, 3.63) is 28.1 Å². The maximum atomic E-state index is 10.8. The molecule has 2 rings (SSSR count). The minimum Gasteiger partial charge on any atom is -0.477 e. The van der Waals surface area contributed by atoms with E-state index in [9.17, 15) is 4.79 Å². The summed E-state index contributed by atoms with van der Waals surface area (Å²) in [5.74, 6) is -0.878. The minimum absolute atomic E-state index is 0.359. The lowest BCUT2D eigenvalue weighted by Crippen LogP contribution is -1.95. The Labute approximate surface area is 97.2 Å². The van der Waals surface area contributed by atoms with Gasteiger partial charge in [-0.3, -0.25) is 4.68 Å². The molecule has 0 bridgehead atoms. The molecule has 4 nitrogen and oxygen atoms in total. The zero-order valence-electron chi connectivity index (χ0n) is 9.10. The lowest BCUT2D eigenvalue weighted by atomic mass is 10.1. The van der Waals surface area contributed by atoms with Crippen LogP contribution >= 0.6 is 11.3 Å². The molecule has 2 aromatic rings. The largest absolute Gasteiger partial charge is 0.477 e. The van der Waals surface area contributed by atoms with Crippen LogP contribution in [0.1, 0.15) is 22.2 Å². The molecule has 0 radical (unpaired) electrons. The van der Waals surface area contributed by atoms with Gasteiger partial charge >= 0.3 is 5.97 Å². The highest BCUT2D eigenvalue weighted by Gasteiger charge is 2.13. The van der Waals surface area contributed by atoms with E-state index in [1.807, 2.05) is 18.6 Å². The Morgan fingerprint density at radius 3 is 2.94 bits per heavy atom. The molecule has 0 aliphatic heterocycles. The highest BCUT2D eigenvalue weighted by atomic mass is 32.1. The van der Waals surface area contributed by atoms with Gasteiger partial charge in [0.1, 0.15) is 4.88 Å². The molecule has 0 atom stereocenters. The van der Waals surface area contributed by atoms with Crippen LogP contribution in [0.2, 0.25) is 0 Å². The van der Waals surface area contributed by atoms with Crippen molar-refractivity contribution < 1.29 is 9.90 Å². The topological polar surface area (TPSA) is 55.1 Å². The smallest absolute Gasteiger partial charge is 0.345 e. The SMILES string of the molecule is CCc1cnn(C)c1-c1csc(C(=O)O)c1. The minimum atomic E-state index is -0.878. The van der Waals surface area contributed by atoms with E-state index in [-0.39, 0.29) is 0 Å². The number of aryl methyl sites for hydroxylation is 2. The Hall–Kier alpha value is -1.62. The molecule has 16 heavy (non-hydrogen) atoms. The highest BCUT2D eigenvalue weighted by Crippen LogP contribution is 2.28. The summed E-state index contributed by atoms with van der Waals surface area (Å²) in [5, 5.41) is 14.9. The van der Waals surface area contributed by atoms with Crippen LogP contribution in [0, 0.1) is 0 Å². The summed E-state index contributed by atoms with van der Waals surface area (Å²) in [6.45, 7) is 2.06. The van der Waals surface area contributed by atoms with Gasteiger partial charge in [-0.15, -0.1) is 11.3 Å². The van der Waals surface area contributed by atoms with Crippen molar-refractivity contribution >= 4 is 17.3 Å². The zero-order valence-corrected chi connectivity index (χ0v) is 9.91. The number of aromatic nitrogens is 2. The molecule has 0 saturated carbocycles. The van der Waals surface area contributed by atoms with Gasteiger partial charge in [-0.2, -0.15) is 5.10 Å². The summed E-state index contributed by atoms with van der Waals surface area (Å²) in [6.07, 6.45) is 2.72. The fourth-order valence-electron chi connectivity index (χ4n) is 1.69. The van der Waals surface area contributed by atoms with E-state index >= 15 is 0 Å². The first kappa shape index (κ1) is 10.9. The summed E-state index contributed by atoms with van der Waals surface area (Å²) in [5.41, 5.74) is 3.07. The Morgan fingerprint density at radius 1 is 1.62 bits per heavy atom. The number of hydrogen-bond acceptors (Lipinski definition) is 3. The Balaban J connectivity index is 2.49. The Bertz CT molecular complexity index is 528. The average Bonchev–Trinajstić information content (AvgIpc) is 2.83. The second-order valence-electron chi connectivity index (χ2n) is 3.50. The quantitative estimate of drug-likeness (QED) is 0.890. The number of rotatable bonds is 3. The zero-order chi connectivity index (χ0) is 11.7. The number of aromatic carboxylic acids is 1. The molecule has 0 saturated heterocycles. The van der Waals surface area contributed by atoms with E-state index in [1.165, 1.54) is 11.3 Å². The van der Waals surface area contributed by atoms with Gasteiger partial charge in [0, 0.05) is 18.0 Å². The third-order valence-corrected chi connectivity index (χ3v) is 3.40. The summed E-state index contributed by atoms with van der Waals surface area (Å²) in [4.78, 5) is 11.2. The van der Waals surface area contributed by atoms with E-state index < -0.39 is 5.97 Å². The molecule has 0 amide bonds. The maximum Gasteiger partial charge on any atom is 0.345 e. The predicted octanol–water partition coefficient (Wildman–Crippen LogP) is 2.41. The second-order valence-corrected chi connectivity index (χ2v) is 4.41. The van der Waals surface area contributed by atoms with E-state index in [2.05, 4.69) is 12.0 Å². The fraction of sp³-hybridized carbons (Fsp3) is 0.273. The predicted molar refractivity (Wildman–Crippen MR) is 62.9 cm³/mol. The summed E-state index contributed by atoms with van der Waals surface area (Å²) < 4.78 is 1.78. The first-order chi connectivity index (χ1) is 7.63. The molecule has 0 aliphatic carbocycles. The Morgan fingerprint density at radius 2 is 2.38 bits per heavy atom. The van der Waals surface area contributed by atoms with Gasteiger partial charge in [0.25, 0.3) is 0 Å². The van der Waals surface area contributed by atoms with Crippen LogP contribution in [0.15, 0.2) is 17.6 Å². The summed E-state index contributed by atoms with van der Waals surface area (Å²) in [7, 11) is 1.87. The van der Waals surface area contributed by atoms with Crippen LogP contribution in [-0.4, -0.2) is 20.9 Å². The maximum absolute atomic E-state index is 10.8.